The summed E-state index contributed by atoms with van der Waals surface area (Å²) in [5.41, 5.74) is 1.58. The summed E-state index contributed by atoms with van der Waals surface area (Å²) in [6, 6.07) is 0. The molecule has 12 heavy (non-hydrogen) atoms. The van der Waals surface area contributed by atoms with Gasteiger partial charge in [-0.1, -0.05) is 12.8 Å². The van der Waals surface area contributed by atoms with E-state index in [4.69, 9.17) is 0 Å². The molecule has 1 heterocycles. The van der Waals surface area contributed by atoms with Gasteiger partial charge in [0, 0.05) is 6.20 Å². The summed E-state index contributed by atoms with van der Waals surface area (Å²) in [6.07, 6.45) is 9.39. The van der Waals surface area contributed by atoms with E-state index in [2.05, 4.69) is 29.8 Å². The van der Waals surface area contributed by atoms with Gasteiger partial charge in [0.25, 0.3) is 0 Å². The van der Waals surface area contributed by atoms with E-state index in [-0.39, 0.29) is 0 Å². The maximum atomic E-state index is 4.39. The highest BCUT2D eigenvalue weighted by Crippen LogP contribution is 2.35. The van der Waals surface area contributed by atoms with Crippen LogP contribution in [-0.4, -0.2) is 9.78 Å². The molecule has 0 aromatic carbocycles. The van der Waals surface area contributed by atoms with E-state index in [1.165, 1.54) is 31.2 Å². The normalized spacial score (nSPS) is 21.5. The summed E-state index contributed by atoms with van der Waals surface area (Å²) in [7, 11) is 0. The molecule has 0 spiro atoms. The van der Waals surface area contributed by atoms with Gasteiger partial charge in [0.05, 0.1) is 11.7 Å². The van der Waals surface area contributed by atoms with Gasteiger partial charge >= 0.3 is 0 Å². The molecule has 1 aromatic rings. The number of hydrogen-bond acceptors (Lipinski definition) is 1. The number of rotatable bonds is 1. The van der Waals surface area contributed by atoms with Crippen molar-refractivity contribution >= 4 is 0 Å². The molecule has 0 N–H and O–H groups in total. The first kappa shape index (κ1) is 7.84. The van der Waals surface area contributed by atoms with E-state index in [1.807, 2.05) is 6.20 Å². The van der Waals surface area contributed by atoms with Crippen LogP contribution in [0.4, 0.5) is 0 Å². The molecule has 0 saturated heterocycles. The Morgan fingerprint density at radius 2 is 2.08 bits per heavy atom. The fraction of sp³-hybridized carbons (Fsp3) is 0.700. The molecule has 1 aliphatic rings. The Hall–Kier alpha value is -0.790. The maximum Gasteiger partial charge on any atom is 0.0599 e. The molecule has 2 nitrogen and oxygen atoms in total. The van der Waals surface area contributed by atoms with Gasteiger partial charge in [0.1, 0.15) is 0 Å². The zero-order valence-electron chi connectivity index (χ0n) is 7.88. The van der Waals surface area contributed by atoms with E-state index >= 15 is 0 Å². The van der Waals surface area contributed by atoms with Crippen LogP contribution in [0.3, 0.4) is 0 Å². The Kier molecular flexibility index (Phi) is 1.71. The predicted molar refractivity (Wildman–Crippen MR) is 49.1 cm³/mol. The Bertz CT molecular complexity index is 269. The molecule has 0 unspecified atom stereocenters. The zero-order valence-corrected chi connectivity index (χ0v) is 7.88. The lowest BCUT2D eigenvalue weighted by molar-refractivity contribution is 0.295. The molecule has 0 aliphatic heterocycles. The highest BCUT2D eigenvalue weighted by atomic mass is 15.3. The van der Waals surface area contributed by atoms with Crippen LogP contribution >= 0.6 is 0 Å². The van der Waals surface area contributed by atoms with E-state index < -0.39 is 0 Å². The van der Waals surface area contributed by atoms with Crippen LogP contribution in [0, 0.1) is 6.92 Å². The first-order valence-corrected chi connectivity index (χ1v) is 4.72. The van der Waals surface area contributed by atoms with E-state index in [1.54, 1.807) is 0 Å². The number of hydrogen-bond donors (Lipinski definition) is 0. The van der Waals surface area contributed by atoms with Crippen molar-refractivity contribution in [3.05, 3.63) is 18.0 Å². The fourth-order valence-electron chi connectivity index (χ4n) is 2.07. The first-order chi connectivity index (χ1) is 5.71. The third-order valence-electron chi connectivity index (χ3n) is 2.95. The average molecular weight is 164 g/mol. The van der Waals surface area contributed by atoms with Crippen molar-refractivity contribution in [3.63, 3.8) is 0 Å². The van der Waals surface area contributed by atoms with Crippen molar-refractivity contribution in [1.29, 1.82) is 0 Å². The van der Waals surface area contributed by atoms with Crippen LogP contribution in [0.25, 0.3) is 0 Å². The molecular weight excluding hydrogens is 148 g/mol. The van der Waals surface area contributed by atoms with Crippen LogP contribution in [0.15, 0.2) is 12.4 Å². The van der Waals surface area contributed by atoms with Crippen LogP contribution in [0.1, 0.15) is 38.2 Å². The first-order valence-electron chi connectivity index (χ1n) is 4.72. The molecular formula is C10H16N2. The Balaban J connectivity index is 2.28. The predicted octanol–water partition coefficient (Wildman–Crippen LogP) is 2.48. The van der Waals surface area contributed by atoms with Crippen molar-refractivity contribution in [2.75, 3.05) is 0 Å². The lowest BCUT2D eigenvalue weighted by Crippen LogP contribution is -2.26. The molecule has 0 atom stereocenters. The van der Waals surface area contributed by atoms with Crippen LogP contribution in [0.2, 0.25) is 0 Å². The molecule has 0 bridgehead atoms. The second kappa shape index (κ2) is 2.61. The Labute approximate surface area is 73.6 Å². The highest BCUT2D eigenvalue weighted by molar-refractivity contribution is 5.03. The van der Waals surface area contributed by atoms with E-state index in [0.717, 1.165) is 0 Å². The zero-order chi connectivity index (χ0) is 8.60. The summed E-state index contributed by atoms with van der Waals surface area (Å²) in [6.45, 7) is 4.41. The molecule has 2 heteroatoms. The third-order valence-corrected chi connectivity index (χ3v) is 2.95. The smallest absolute Gasteiger partial charge is 0.0599 e. The minimum Gasteiger partial charge on any atom is -0.267 e. The molecule has 0 radical (unpaired) electrons. The second-order valence-corrected chi connectivity index (χ2v) is 4.17. The van der Waals surface area contributed by atoms with Gasteiger partial charge in [0.15, 0.2) is 0 Å². The van der Waals surface area contributed by atoms with Crippen LogP contribution in [-0.2, 0) is 5.54 Å². The standard InChI is InChI=1S/C10H16N2/c1-9-7-11-12(8-9)10(2)5-3-4-6-10/h7-8H,3-6H2,1-2H3. The Morgan fingerprint density at radius 1 is 1.42 bits per heavy atom. The van der Waals surface area contributed by atoms with Crippen molar-refractivity contribution in [2.24, 2.45) is 0 Å². The van der Waals surface area contributed by atoms with Gasteiger partial charge in [-0.3, -0.25) is 4.68 Å². The van der Waals surface area contributed by atoms with E-state index in [9.17, 15) is 0 Å². The summed E-state index contributed by atoms with van der Waals surface area (Å²) >= 11 is 0. The quantitative estimate of drug-likeness (QED) is 0.623. The number of nitrogens with zero attached hydrogens (tertiary/aromatic N) is 2. The van der Waals surface area contributed by atoms with Gasteiger partial charge in [0.2, 0.25) is 0 Å². The number of aryl methyl sites for hydroxylation is 1. The van der Waals surface area contributed by atoms with Crippen LogP contribution in [0.5, 0.6) is 0 Å². The van der Waals surface area contributed by atoms with Crippen molar-refractivity contribution < 1.29 is 0 Å². The average Bonchev–Trinajstić information content (AvgIpc) is 2.59. The minimum absolute atomic E-state index is 0.314. The summed E-state index contributed by atoms with van der Waals surface area (Å²) in [5.74, 6) is 0. The van der Waals surface area contributed by atoms with E-state index in [0.29, 0.717) is 5.54 Å². The van der Waals surface area contributed by atoms with Gasteiger partial charge < -0.3 is 0 Å². The largest absolute Gasteiger partial charge is 0.267 e. The molecule has 66 valence electrons. The fourth-order valence-corrected chi connectivity index (χ4v) is 2.07. The number of aromatic nitrogens is 2. The molecule has 0 amide bonds. The SMILES string of the molecule is Cc1cnn(C2(C)CCCC2)c1. The Morgan fingerprint density at radius 3 is 2.58 bits per heavy atom. The van der Waals surface area contributed by atoms with Crippen molar-refractivity contribution in [1.82, 2.24) is 9.78 Å². The summed E-state index contributed by atoms with van der Waals surface area (Å²) in [4.78, 5) is 0. The van der Waals surface area contributed by atoms with Gasteiger partial charge in [-0.15, -0.1) is 0 Å². The van der Waals surface area contributed by atoms with Gasteiger partial charge in [-0.05, 0) is 32.3 Å². The molecule has 2 rings (SSSR count). The van der Waals surface area contributed by atoms with Gasteiger partial charge in [-0.25, -0.2) is 0 Å². The summed E-state index contributed by atoms with van der Waals surface area (Å²) in [5, 5.41) is 4.39. The third kappa shape index (κ3) is 1.15. The lowest BCUT2D eigenvalue weighted by atomic mass is 10.0. The summed E-state index contributed by atoms with van der Waals surface area (Å²) < 4.78 is 2.15. The van der Waals surface area contributed by atoms with Crippen molar-refractivity contribution in [3.8, 4) is 0 Å². The molecule has 1 saturated carbocycles. The topological polar surface area (TPSA) is 17.8 Å². The van der Waals surface area contributed by atoms with Crippen molar-refractivity contribution in [2.45, 2.75) is 45.1 Å². The maximum absolute atomic E-state index is 4.39. The second-order valence-electron chi connectivity index (χ2n) is 4.17. The lowest BCUT2D eigenvalue weighted by Gasteiger charge is -2.23. The van der Waals surface area contributed by atoms with Crippen LogP contribution < -0.4 is 0 Å². The monoisotopic (exact) mass is 164 g/mol. The highest BCUT2D eigenvalue weighted by Gasteiger charge is 2.30. The molecule has 1 aliphatic carbocycles. The molecule has 1 fully saturated rings. The van der Waals surface area contributed by atoms with Gasteiger partial charge in [-0.2, -0.15) is 5.10 Å². The minimum atomic E-state index is 0.314. The molecule has 1 aromatic heterocycles.